The highest BCUT2D eigenvalue weighted by Gasteiger charge is 2.18. The molecule has 0 radical (unpaired) electrons. The fourth-order valence-electron chi connectivity index (χ4n) is 2.46. The molecule has 20 heavy (non-hydrogen) atoms. The van der Waals surface area contributed by atoms with Gasteiger partial charge in [0.1, 0.15) is 5.75 Å². The minimum Gasteiger partial charge on any atom is -0.497 e. The summed E-state index contributed by atoms with van der Waals surface area (Å²) in [7, 11) is 3.71. The van der Waals surface area contributed by atoms with Crippen molar-refractivity contribution in [3.8, 4) is 5.75 Å². The van der Waals surface area contributed by atoms with Crippen molar-refractivity contribution in [2.24, 2.45) is 5.92 Å². The van der Waals surface area contributed by atoms with Crippen LogP contribution in [0.1, 0.15) is 23.2 Å². The van der Waals surface area contributed by atoms with Gasteiger partial charge in [-0.3, -0.25) is 4.79 Å². The van der Waals surface area contributed by atoms with E-state index in [4.69, 9.17) is 10.5 Å². The van der Waals surface area contributed by atoms with Crippen molar-refractivity contribution in [1.82, 2.24) is 10.2 Å². The van der Waals surface area contributed by atoms with Crippen LogP contribution in [-0.2, 0) is 0 Å². The van der Waals surface area contributed by atoms with E-state index in [0.29, 0.717) is 29.5 Å². The second-order valence-electron chi connectivity index (χ2n) is 5.41. The fraction of sp³-hybridized carbons (Fsp3) is 0.533. The maximum atomic E-state index is 12.2. The Bertz CT molecular complexity index is 468. The molecule has 110 valence electrons. The molecule has 0 spiro atoms. The average molecular weight is 277 g/mol. The summed E-state index contributed by atoms with van der Waals surface area (Å²) in [6, 6.07) is 5.13. The van der Waals surface area contributed by atoms with Crippen LogP contribution in [0.4, 0.5) is 5.69 Å². The van der Waals surface area contributed by atoms with Crippen LogP contribution in [0.5, 0.6) is 5.75 Å². The minimum absolute atomic E-state index is 0.125. The second-order valence-corrected chi connectivity index (χ2v) is 5.41. The number of amides is 1. The predicted molar refractivity (Wildman–Crippen MR) is 80.0 cm³/mol. The van der Waals surface area contributed by atoms with E-state index in [1.165, 1.54) is 0 Å². The van der Waals surface area contributed by atoms with Crippen molar-refractivity contribution in [3.63, 3.8) is 0 Å². The highest BCUT2D eigenvalue weighted by molar-refractivity contribution is 5.99. The molecule has 0 unspecified atom stereocenters. The van der Waals surface area contributed by atoms with Crippen molar-refractivity contribution in [2.75, 3.05) is 39.5 Å². The Morgan fingerprint density at radius 3 is 2.80 bits per heavy atom. The first-order valence-corrected chi connectivity index (χ1v) is 7.00. The molecular formula is C15H23N3O2. The molecule has 1 heterocycles. The smallest absolute Gasteiger partial charge is 0.253 e. The molecule has 1 aliphatic rings. The predicted octanol–water partition coefficient (Wildman–Crippen LogP) is 1.35. The number of ether oxygens (including phenoxy) is 1. The SMILES string of the molecule is COc1ccc(N)c(C(=O)NCC2CCN(C)CC2)c1. The minimum atomic E-state index is -0.125. The van der Waals surface area contributed by atoms with Gasteiger partial charge in [-0.25, -0.2) is 0 Å². The van der Waals surface area contributed by atoms with Gasteiger partial charge in [-0.05, 0) is 57.1 Å². The number of nitrogens with two attached hydrogens (primary N) is 1. The Balaban J connectivity index is 1.91. The first-order chi connectivity index (χ1) is 9.60. The maximum absolute atomic E-state index is 12.2. The van der Waals surface area contributed by atoms with Gasteiger partial charge in [0.05, 0.1) is 12.7 Å². The zero-order valence-corrected chi connectivity index (χ0v) is 12.2. The number of anilines is 1. The Hall–Kier alpha value is -1.75. The van der Waals surface area contributed by atoms with Gasteiger partial charge in [-0.1, -0.05) is 0 Å². The third-order valence-corrected chi connectivity index (χ3v) is 3.89. The van der Waals surface area contributed by atoms with Crippen LogP contribution in [0, 0.1) is 5.92 Å². The monoisotopic (exact) mass is 277 g/mol. The number of nitrogens with one attached hydrogen (secondary N) is 1. The van der Waals surface area contributed by atoms with E-state index >= 15 is 0 Å². The van der Waals surface area contributed by atoms with Crippen LogP contribution in [0.25, 0.3) is 0 Å². The number of nitrogen functional groups attached to an aromatic ring is 1. The Morgan fingerprint density at radius 1 is 1.45 bits per heavy atom. The first kappa shape index (κ1) is 14.7. The first-order valence-electron chi connectivity index (χ1n) is 7.00. The summed E-state index contributed by atoms with van der Waals surface area (Å²) in [5, 5.41) is 2.98. The highest BCUT2D eigenvalue weighted by Crippen LogP contribution is 2.20. The summed E-state index contributed by atoms with van der Waals surface area (Å²) < 4.78 is 5.13. The van der Waals surface area contributed by atoms with E-state index in [1.54, 1.807) is 25.3 Å². The lowest BCUT2D eigenvalue weighted by Crippen LogP contribution is -2.37. The molecule has 0 bridgehead atoms. The summed E-state index contributed by atoms with van der Waals surface area (Å²) in [6.07, 6.45) is 2.26. The quantitative estimate of drug-likeness (QED) is 0.815. The van der Waals surface area contributed by atoms with Gasteiger partial charge in [-0.2, -0.15) is 0 Å². The topological polar surface area (TPSA) is 67.6 Å². The van der Waals surface area contributed by atoms with E-state index in [0.717, 1.165) is 25.9 Å². The van der Waals surface area contributed by atoms with Gasteiger partial charge in [0, 0.05) is 12.2 Å². The number of rotatable bonds is 4. The number of likely N-dealkylation sites (tertiary alicyclic amines) is 1. The van der Waals surface area contributed by atoms with Crippen LogP contribution in [-0.4, -0.2) is 44.6 Å². The number of nitrogens with zero attached hydrogens (tertiary/aromatic N) is 1. The Kier molecular flexibility index (Phi) is 4.84. The van der Waals surface area contributed by atoms with Crippen LogP contribution in [0.3, 0.4) is 0 Å². The maximum Gasteiger partial charge on any atom is 0.253 e. The molecule has 1 aliphatic heterocycles. The highest BCUT2D eigenvalue weighted by atomic mass is 16.5. The average Bonchev–Trinajstić information content (AvgIpc) is 2.47. The summed E-state index contributed by atoms with van der Waals surface area (Å²) in [4.78, 5) is 14.5. The van der Waals surface area contributed by atoms with Gasteiger partial charge in [0.25, 0.3) is 5.91 Å². The number of carbonyl (C=O) groups is 1. The molecule has 5 nitrogen and oxygen atoms in total. The van der Waals surface area contributed by atoms with Crippen molar-refractivity contribution >= 4 is 11.6 Å². The lowest BCUT2D eigenvalue weighted by atomic mass is 9.97. The fourth-order valence-corrected chi connectivity index (χ4v) is 2.46. The standard InChI is InChI=1S/C15H23N3O2/c1-18-7-5-11(6-8-18)10-17-15(19)13-9-12(20-2)3-4-14(13)16/h3-4,9,11H,5-8,10,16H2,1-2H3,(H,17,19). The molecular weight excluding hydrogens is 254 g/mol. The molecule has 0 atom stereocenters. The van der Waals surface area contributed by atoms with Crippen molar-refractivity contribution in [1.29, 1.82) is 0 Å². The number of methoxy groups -OCH3 is 1. The number of hydrogen-bond acceptors (Lipinski definition) is 4. The lowest BCUT2D eigenvalue weighted by Gasteiger charge is -2.29. The molecule has 1 fully saturated rings. The summed E-state index contributed by atoms with van der Waals surface area (Å²) in [5.74, 6) is 1.07. The van der Waals surface area contributed by atoms with Crippen LogP contribution < -0.4 is 15.8 Å². The summed E-state index contributed by atoms with van der Waals surface area (Å²) >= 11 is 0. The molecule has 5 heteroatoms. The van der Waals surface area contributed by atoms with Crippen molar-refractivity contribution < 1.29 is 9.53 Å². The molecule has 0 aliphatic carbocycles. The molecule has 0 aromatic heterocycles. The van der Waals surface area contributed by atoms with Gasteiger partial charge in [0.2, 0.25) is 0 Å². The van der Waals surface area contributed by atoms with E-state index in [1.807, 2.05) is 0 Å². The van der Waals surface area contributed by atoms with Crippen molar-refractivity contribution in [2.45, 2.75) is 12.8 Å². The van der Waals surface area contributed by atoms with Gasteiger partial charge in [-0.15, -0.1) is 0 Å². The number of piperidine rings is 1. The number of benzene rings is 1. The molecule has 1 saturated heterocycles. The largest absolute Gasteiger partial charge is 0.497 e. The summed E-state index contributed by atoms with van der Waals surface area (Å²) in [6.45, 7) is 2.91. The normalized spacial score (nSPS) is 16.9. The van der Waals surface area contributed by atoms with E-state index in [2.05, 4.69) is 17.3 Å². The van der Waals surface area contributed by atoms with Gasteiger partial charge in [0.15, 0.2) is 0 Å². The summed E-state index contributed by atoms with van der Waals surface area (Å²) in [5.41, 5.74) is 6.81. The zero-order chi connectivity index (χ0) is 14.5. The Morgan fingerprint density at radius 2 is 2.15 bits per heavy atom. The second kappa shape index (κ2) is 6.61. The van der Waals surface area contributed by atoms with E-state index in [9.17, 15) is 4.79 Å². The third-order valence-electron chi connectivity index (χ3n) is 3.89. The van der Waals surface area contributed by atoms with Crippen LogP contribution >= 0.6 is 0 Å². The van der Waals surface area contributed by atoms with E-state index in [-0.39, 0.29) is 5.91 Å². The van der Waals surface area contributed by atoms with Gasteiger partial charge < -0.3 is 20.7 Å². The van der Waals surface area contributed by atoms with E-state index < -0.39 is 0 Å². The molecule has 2 rings (SSSR count). The number of hydrogen-bond donors (Lipinski definition) is 2. The zero-order valence-electron chi connectivity index (χ0n) is 12.2. The molecule has 1 aromatic rings. The lowest BCUT2D eigenvalue weighted by molar-refractivity contribution is 0.0939. The van der Waals surface area contributed by atoms with Gasteiger partial charge >= 0.3 is 0 Å². The Labute approximate surface area is 120 Å². The van der Waals surface area contributed by atoms with Crippen molar-refractivity contribution in [3.05, 3.63) is 23.8 Å². The molecule has 0 saturated carbocycles. The third kappa shape index (κ3) is 3.63. The molecule has 1 amide bonds. The van der Waals surface area contributed by atoms with Crippen LogP contribution in [0.15, 0.2) is 18.2 Å². The molecule has 1 aromatic carbocycles. The number of carbonyl (C=O) groups excluding carboxylic acids is 1. The molecule has 3 N–H and O–H groups in total. The van der Waals surface area contributed by atoms with Crippen LogP contribution in [0.2, 0.25) is 0 Å².